The number of carbonyl (C=O) groups is 1. The molecule has 2 rings (SSSR count). The van der Waals surface area contributed by atoms with Gasteiger partial charge < -0.3 is 19.7 Å². The first-order valence-electron chi connectivity index (χ1n) is 6.51. The Balaban J connectivity index is 2.16. The zero-order chi connectivity index (χ0) is 15.4. The minimum atomic E-state index is -0.503. The molecule has 3 N–H and O–H groups in total. The minimum Gasteiger partial charge on any atom is -0.497 e. The number of nitrogens with one attached hydrogen (secondary N) is 1. The molecule has 1 aromatic heterocycles. The number of esters is 1. The van der Waals surface area contributed by atoms with Crippen molar-refractivity contribution in [2.24, 2.45) is 0 Å². The van der Waals surface area contributed by atoms with Gasteiger partial charge in [0.2, 0.25) is 5.88 Å². The van der Waals surface area contributed by atoms with E-state index >= 15 is 0 Å². The van der Waals surface area contributed by atoms with Gasteiger partial charge >= 0.3 is 5.97 Å². The highest BCUT2D eigenvalue weighted by atomic mass is 16.5. The van der Waals surface area contributed by atoms with Gasteiger partial charge in [-0.2, -0.15) is 0 Å². The SMILES string of the molecule is CCC(C(=O)Oc1cc(O)[nH]c1O)c1ccc(OC)cc1. The lowest BCUT2D eigenvalue weighted by Crippen LogP contribution is -2.18. The van der Waals surface area contributed by atoms with E-state index in [4.69, 9.17) is 9.47 Å². The third kappa shape index (κ3) is 3.28. The normalized spacial score (nSPS) is 11.9. The summed E-state index contributed by atoms with van der Waals surface area (Å²) in [4.78, 5) is 14.4. The number of aromatic nitrogens is 1. The van der Waals surface area contributed by atoms with Crippen LogP contribution >= 0.6 is 0 Å². The highest BCUT2D eigenvalue weighted by Gasteiger charge is 2.23. The predicted molar refractivity (Wildman–Crippen MR) is 75.8 cm³/mol. The van der Waals surface area contributed by atoms with Gasteiger partial charge in [0, 0.05) is 6.07 Å². The summed E-state index contributed by atoms with van der Waals surface area (Å²) in [5.41, 5.74) is 0.794. The Labute approximate surface area is 121 Å². The van der Waals surface area contributed by atoms with E-state index in [1.165, 1.54) is 0 Å². The molecule has 0 aliphatic rings. The lowest BCUT2D eigenvalue weighted by molar-refractivity contribution is -0.136. The summed E-state index contributed by atoms with van der Waals surface area (Å²) in [5.74, 6) is -1.01. The predicted octanol–water partition coefficient (Wildman–Crippen LogP) is 2.53. The van der Waals surface area contributed by atoms with Crippen LogP contribution in [0.2, 0.25) is 0 Å². The smallest absolute Gasteiger partial charge is 0.318 e. The average Bonchev–Trinajstić information content (AvgIpc) is 2.78. The van der Waals surface area contributed by atoms with Crippen LogP contribution in [0, 0.1) is 0 Å². The Hall–Kier alpha value is -2.63. The second-order valence-electron chi connectivity index (χ2n) is 4.52. The summed E-state index contributed by atoms with van der Waals surface area (Å²) in [6.45, 7) is 1.87. The first-order valence-corrected chi connectivity index (χ1v) is 6.51. The number of hydrogen-bond donors (Lipinski definition) is 3. The van der Waals surface area contributed by atoms with Gasteiger partial charge in [-0.25, -0.2) is 0 Å². The molecular formula is C15H17NO5. The Morgan fingerprint density at radius 2 is 1.95 bits per heavy atom. The van der Waals surface area contributed by atoms with Crippen LogP contribution in [0.25, 0.3) is 0 Å². The van der Waals surface area contributed by atoms with Gasteiger partial charge in [0.25, 0.3) is 0 Å². The van der Waals surface area contributed by atoms with Gasteiger partial charge in [-0.3, -0.25) is 9.78 Å². The van der Waals surface area contributed by atoms with E-state index in [-0.39, 0.29) is 17.5 Å². The number of hydrogen-bond acceptors (Lipinski definition) is 5. The molecule has 1 heterocycles. The van der Waals surface area contributed by atoms with Gasteiger partial charge in [0.05, 0.1) is 13.0 Å². The number of H-pyrrole nitrogens is 1. The number of ether oxygens (including phenoxy) is 2. The molecule has 21 heavy (non-hydrogen) atoms. The highest BCUT2D eigenvalue weighted by molar-refractivity contribution is 5.80. The Kier molecular flexibility index (Phi) is 4.37. The molecule has 1 unspecified atom stereocenters. The lowest BCUT2D eigenvalue weighted by Gasteiger charge is -2.14. The highest BCUT2D eigenvalue weighted by Crippen LogP contribution is 2.32. The number of aromatic amines is 1. The summed E-state index contributed by atoms with van der Waals surface area (Å²) in [7, 11) is 1.57. The molecule has 0 saturated heterocycles. The Bertz CT molecular complexity index is 617. The van der Waals surface area contributed by atoms with Crippen molar-refractivity contribution in [3.63, 3.8) is 0 Å². The summed E-state index contributed by atoms with van der Waals surface area (Å²) in [5, 5.41) is 18.7. The first kappa shape index (κ1) is 14.8. The van der Waals surface area contributed by atoms with Crippen molar-refractivity contribution >= 4 is 5.97 Å². The Morgan fingerprint density at radius 3 is 2.43 bits per heavy atom. The molecule has 0 bridgehead atoms. The monoisotopic (exact) mass is 291 g/mol. The summed E-state index contributed by atoms with van der Waals surface area (Å²) in [6, 6.07) is 8.27. The fourth-order valence-electron chi connectivity index (χ4n) is 2.04. The third-order valence-electron chi connectivity index (χ3n) is 3.17. The molecule has 0 spiro atoms. The molecule has 0 saturated carbocycles. The molecular weight excluding hydrogens is 274 g/mol. The van der Waals surface area contributed by atoms with Gasteiger partial charge in [0.15, 0.2) is 11.6 Å². The molecule has 0 fully saturated rings. The number of aromatic hydroxyl groups is 2. The fraction of sp³-hybridized carbons (Fsp3) is 0.267. The molecule has 0 radical (unpaired) electrons. The molecule has 1 atom stereocenters. The summed E-state index contributed by atoms with van der Waals surface area (Å²) >= 11 is 0. The van der Waals surface area contributed by atoms with Crippen LogP contribution in [0.1, 0.15) is 24.8 Å². The number of carbonyl (C=O) groups excluding carboxylic acids is 1. The number of rotatable bonds is 5. The van der Waals surface area contributed by atoms with Crippen LogP contribution in [0.15, 0.2) is 30.3 Å². The molecule has 0 amide bonds. The van der Waals surface area contributed by atoms with Crippen LogP contribution in [-0.4, -0.2) is 28.3 Å². The van der Waals surface area contributed by atoms with Crippen LogP contribution < -0.4 is 9.47 Å². The van der Waals surface area contributed by atoms with Gasteiger partial charge in [-0.15, -0.1) is 0 Å². The maximum absolute atomic E-state index is 12.2. The maximum atomic E-state index is 12.2. The van der Waals surface area contributed by atoms with E-state index in [0.717, 1.165) is 11.6 Å². The minimum absolute atomic E-state index is 0.0931. The first-order chi connectivity index (χ1) is 10.0. The molecule has 6 heteroatoms. The van der Waals surface area contributed by atoms with Crippen molar-refractivity contribution in [1.82, 2.24) is 4.98 Å². The van der Waals surface area contributed by atoms with Crippen molar-refractivity contribution in [2.45, 2.75) is 19.3 Å². The lowest BCUT2D eigenvalue weighted by atomic mass is 9.96. The van der Waals surface area contributed by atoms with E-state index in [2.05, 4.69) is 4.98 Å². The van der Waals surface area contributed by atoms with Crippen molar-refractivity contribution < 1.29 is 24.5 Å². The summed E-state index contributed by atoms with van der Waals surface area (Å²) < 4.78 is 10.2. The molecule has 1 aromatic carbocycles. The second-order valence-corrected chi connectivity index (χ2v) is 4.52. The summed E-state index contributed by atoms with van der Waals surface area (Å²) in [6.07, 6.45) is 0.544. The molecule has 0 aliphatic carbocycles. The largest absolute Gasteiger partial charge is 0.497 e. The van der Waals surface area contributed by atoms with Gasteiger partial charge in [0.1, 0.15) is 5.75 Å². The fourth-order valence-corrected chi connectivity index (χ4v) is 2.04. The van der Waals surface area contributed by atoms with E-state index in [1.54, 1.807) is 31.4 Å². The second kappa shape index (κ2) is 6.21. The van der Waals surface area contributed by atoms with Crippen LogP contribution in [0.4, 0.5) is 0 Å². The molecule has 2 aromatic rings. The number of methoxy groups -OCH3 is 1. The van der Waals surface area contributed by atoms with Crippen molar-refractivity contribution in [3.05, 3.63) is 35.9 Å². The van der Waals surface area contributed by atoms with E-state index in [0.29, 0.717) is 12.2 Å². The van der Waals surface area contributed by atoms with Crippen molar-refractivity contribution in [2.75, 3.05) is 7.11 Å². The molecule has 6 nitrogen and oxygen atoms in total. The number of benzene rings is 1. The topological polar surface area (TPSA) is 91.8 Å². The third-order valence-corrected chi connectivity index (χ3v) is 3.17. The van der Waals surface area contributed by atoms with E-state index in [1.807, 2.05) is 6.92 Å². The van der Waals surface area contributed by atoms with Crippen molar-refractivity contribution in [1.29, 1.82) is 0 Å². The van der Waals surface area contributed by atoms with Crippen molar-refractivity contribution in [3.8, 4) is 23.3 Å². The molecule has 112 valence electrons. The zero-order valence-corrected chi connectivity index (χ0v) is 11.8. The standard InChI is InChI=1S/C15H17NO5/c1-3-11(9-4-6-10(20-2)7-5-9)15(19)21-12-8-13(17)16-14(12)18/h4-8,11,16-18H,3H2,1-2H3. The van der Waals surface area contributed by atoms with E-state index in [9.17, 15) is 15.0 Å². The van der Waals surface area contributed by atoms with Crippen LogP contribution in [0.3, 0.4) is 0 Å². The molecule has 0 aliphatic heterocycles. The Morgan fingerprint density at radius 1 is 1.29 bits per heavy atom. The quantitative estimate of drug-likeness (QED) is 0.736. The maximum Gasteiger partial charge on any atom is 0.318 e. The van der Waals surface area contributed by atoms with Gasteiger partial charge in [-0.1, -0.05) is 19.1 Å². The zero-order valence-electron chi connectivity index (χ0n) is 11.8. The van der Waals surface area contributed by atoms with E-state index < -0.39 is 11.9 Å². The van der Waals surface area contributed by atoms with Gasteiger partial charge in [-0.05, 0) is 24.1 Å². The van der Waals surface area contributed by atoms with Crippen LogP contribution in [-0.2, 0) is 4.79 Å². The van der Waals surface area contributed by atoms with Crippen LogP contribution in [0.5, 0.6) is 23.3 Å². The average molecular weight is 291 g/mol.